The van der Waals surface area contributed by atoms with Gasteiger partial charge in [0, 0.05) is 0 Å². The molecule has 7 nitrogen and oxygen atoms in total. The number of carboxylic acid groups (broad SMARTS) is 1. The van der Waals surface area contributed by atoms with Crippen LogP contribution < -0.4 is 5.48 Å². The molecule has 0 heterocycles. The fraction of sp³-hybridized carbons (Fsp3) is 0.769. The summed E-state index contributed by atoms with van der Waals surface area (Å²) in [6.07, 6.45) is 0.480. The number of nitrogens with one attached hydrogen (secondary N) is 1. The zero-order chi connectivity index (χ0) is 15.1. The van der Waals surface area contributed by atoms with E-state index in [1.165, 1.54) is 0 Å². The number of amides is 1. The van der Waals surface area contributed by atoms with Crippen molar-refractivity contribution in [3.05, 3.63) is 0 Å². The van der Waals surface area contributed by atoms with Gasteiger partial charge in [-0.25, -0.2) is 9.59 Å². The SMILES string of the molecule is CC(C)(C)OC(=O)NOC(=O)C1CCC2C(C(=O)O)C12. The molecule has 2 aliphatic rings. The topological polar surface area (TPSA) is 102 Å². The van der Waals surface area contributed by atoms with Crippen LogP contribution in [0.15, 0.2) is 0 Å². The number of hydroxylamine groups is 1. The van der Waals surface area contributed by atoms with Gasteiger partial charge < -0.3 is 14.7 Å². The molecule has 2 rings (SSSR count). The summed E-state index contributed by atoms with van der Waals surface area (Å²) in [4.78, 5) is 38.8. The van der Waals surface area contributed by atoms with Gasteiger partial charge in [0.25, 0.3) is 0 Å². The molecule has 0 radical (unpaired) electrons. The Balaban J connectivity index is 1.79. The van der Waals surface area contributed by atoms with E-state index in [4.69, 9.17) is 14.7 Å². The van der Waals surface area contributed by atoms with Gasteiger partial charge in [-0.1, -0.05) is 0 Å². The molecule has 0 aromatic carbocycles. The molecule has 2 N–H and O–H groups in total. The minimum atomic E-state index is -0.863. The average molecular weight is 285 g/mol. The minimum absolute atomic E-state index is 0.0755. The summed E-state index contributed by atoms with van der Waals surface area (Å²) in [5.41, 5.74) is 1.26. The highest BCUT2D eigenvalue weighted by molar-refractivity contribution is 5.81. The van der Waals surface area contributed by atoms with E-state index in [1.807, 2.05) is 5.48 Å². The second-order valence-electron chi connectivity index (χ2n) is 6.31. The maximum Gasteiger partial charge on any atom is 0.441 e. The number of rotatable bonds is 2. The zero-order valence-electron chi connectivity index (χ0n) is 11.7. The van der Waals surface area contributed by atoms with Gasteiger partial charge in [0.05, 0.1) is 11.8 Å². The number of carbonyl (C=O) groups excluding carboxylic acids is 2. The van der Waals surface area contributed by atoms with Gasteiger partial charge in [-0.3, -0.25) is 4.79 Å². The molecule has 0 aliphatic heterocycles. The third kappa shape index (κ3) is 3.02. The quantitative estimate of drug-likeness (QED) is 0.742. The summed E-state index contributed by atoms with van der Waals surface area (Å²) in [6, 6.07) is 0. The van der Waals surface area contributed by atoms with Gasteiger partial charge in [-0.05, 0) is 45.4 Å². The molecule has 112 valence electrons. The maximum atomic E-state index is 11.8. The Morgan fingerprint density at radius 2 is 1.85 bits per heavy atom. The molecular formula is C13H19NO6. The number of ether oxygens (including phenoxy) is 1. The standard InChI is InChI=1S/C13H19NO6/c1-13(2,3)19-12(18)14-20-11(17)7-5-4-6-8(7)9(6)10(15)16/h6-9H,4-5H2,1-3H3,(H,14,18)(H,15,16). The summed E-state index contributed by atoms with van der Waals surface area (Å²) in [5.74, 6) is -2.42. The fourth-order valence-electron chi connectivity index (χ4n) is 2.97. The lowest BCUT2D eigenvalue weighted by atomic mass is 10.0. The van der Waals surface area contributed by atoms with Crippen LogP contribution in [-0.2, 0) is 19.2 Å². The van der Waals surface area contributed by atoms with Crippen LogP contribution in [0.5, 0.6) is 0 Å². The van der Waals surface area contributed by atoms with Crippen LogP contribution in [-0.4, -0.2) is 28.7 Å². The normalized spacial score (nSPS) is 31.1. The van der Waals surface area contributed by atoms with Crippen molar-refractivity contribution in [2.45, 2.75) is 39.2 Å². The summed E-state index contributed by atoms with van der Waals surface area (Å²) in [6.45, 7) is 5.08. The lowest BCUT2D eigenvalue weighted by Gasteiger charge is -2.19. The van der Waals surface area contributed by atoms with E-state index < -0.39 is 35.5 Å². The lowest BCUT2D eigenvalue weighted by Crippen LogP contribution is -2.36. The van der Waals surface area contributed by atoms with E-state index in [0.29, 0.717) is 12.8 Å². The van der Waals surface area contributed by atoms with Gasteiger partial charge in [-0.2, -0.15) is 0 Å². The highest BCUT2D eigenvalue weighted by Crippen LogP contribution is 2.60. The zero-order valence-corrected chi connectivity index (χ0v) is 11.7. The van der Waals surface area contributed by atoms with Crippen LogP contribution in [0.4, 0.5) is 4.79 Å². The number of hydrogen-bond donors (Lipinski definition) is 2. The van der Waals surface area contributed by atoms with Crippen molar-refractivity contribution in [2.24, 2.45) is 23.7 Å². The Bertz CT molecular complexity index is 441. The number of aliphatic carboxylic acids is 1. The monoisotopic (exact) mass is 285 g/mol. The second kappa shape index (κ2) is 4.96. The van der Waals surface area contributed by atoms with Crippen molar-refractivity contribution in [1.82, 2.24) is 5.48 Å². The van der Waals surface area contributed by atoms with Gasteiger partial charge >= 0.3 is 18.0 Å². The molecule has 0 saturated heterocycles. The smallest absolute Gasteiger partial charge is 0.441 e. The highest BCUT2D eigenvalue weighted by Gasteiger charge is 2.64. The Labute approximate surface area is 116 Å². The average Bonchev–Trinajstić information content (AvgIpc) is 2.86. The van der Waals surface area contributed by atoms with Crippen molar-refractivity contribution in [1.29, 1.82) is 0 Å². The van der Waals surface area contributed by atoms with E-state index in [9.17, 15) is 14.4 Å². The van der Waals surface area contributed by atoms with Crippen LogP contribution in [0, 0.1) is 23.7 Å². The van der Waals surface area contributed by atoms with Crippen LogP contribution in [0.3, 0.4) is 0 Å². The molecule has 0 aromatic heterocycles. The van der Waals surface area contributed by atoms with Crippen LogP contribution in [0.25, 0.3) is 0 Å². The predicted octanol–water partition coefficient (Wildman–Crippen LogP) is 1.33. The third-order valence-electron chi connectivity index (χ3n) is 3.73. The molecule has 4 unspecified atom stereocenters. The fourth-order valence-corrected chi connectivity index (χ4v) is 2.97. The van der Waals surface area contributed by atoms with Crippen molar-refractivity contribution >= 4 is 18.0 Å². The predicted molar refractivity (Wildman–Crippen MR) is 66.3 cm³/mol. The molecule has 2 aliphatic carbocycles. The van der Waals surface area contributed by atoms with Crippen molar-refractivity contribution in [3.8, 4) is 0 Å². The third-order valence-corrected chi connectivity index (χ3v) is 3.73. The van der Waals surface area contributed by atoms with Crippen molar-refractivity contribution in [3.63, 3.8) is 0 Å². The highest BCUT2D eigenvalue weighted by atomic mass is 16.7. The molecular weight excluding hydrogens is 266 g/mol. The molecule has 2 fully saturated rings. The largest absolute Gasteiger partial charge is 0.481 e. The van der Waals surface area contributed by atoms with Gasteiger partial charge in [0.15, 0.2) is 0 Å². The first kappa shape index (κ1) is 14.6. The van der Waals surface area contributed by atoms with Gasteiger partial charge in [0.2, 0.25) is 0 Å². The number of carbonyl (C=O) groups is 3. The molecule has 0 spiro atoms. The molecule has 1 amide bonds. The number of carboxylic acids is 1. The molecule has 7 heteroatoms. The molecule has 2 saturated carbocycles. The Morgan fingerprint density at radius 1 is 1.20 bits per heavy atom. The lowest BCUT2D eigenvalue weighted by molar-refractivity contribution is -0.156. The Morgan fingerprint density at radius 3 is 2.35 bits per heavy atom. The second-order valence-corrected chi connectivity index (χ2v) is 6.31. The molecule has 0 aromatic rings. The maximum absolute atomic E-state index is 11.8. The van der Waals surface area contributed by atoms with Gasteiger partial charge in [0.1, 0.15) is 5.60 Å². The van der Waals surface area contributed by atoms with Crippen LogP contribution >= 0.6 is 0 Å². The van der Waals surface area contributed by atoms with E-state index in [2.05, 4.69) is 0 Å². The molecule has 20 heavy (non-hydrogen) atoms. The van der Waals surface area contributed by atoms with Crippen LogP contribution in [0.1, 0.15) is 33.6 Å². The van der Waals surface area contributed by atoms with Gasteiger partial charge in [-0.15, -0.1) is 5.48 Å². The molecule has 0 bridgehead atoms. The Kier molecular flexibility index (Phi) is 3.62. The summed E-state index contributed by atoms with van der Waals surface area (Å²) in [5, 5.41) is 8.96. The van der Waals surface area contributed by atoms with E-state index in [-0.39, 0.29) is 11.8 Å². The van der Waals surface area contributed by atoms with Crippen molar-refractivity contribution < 1.29 is 29.1 Å². The van der Waals surface area contributed by atoms with E-state index in [0.717, 1.165) is 0 Å². The van der Waals surface area contributed by atoms with Crippen molar-refractivity contribution in [2.75, 3.05) is 0 Å². The minimum Gasteiger partial charge on any atom is -0.481 e. The Hall–Kier alpha value is -1.79. The molecule has 4 atom stereocenters. The van der Waals surface area contributed by atoms with E-state index >= 15 is 0 Å². The summed E-state index contributed by atoms with van der Waals surface area (Å²) < 4.78 is 4.93. The number of hydrogen-bond acceptors (Lipinski definition) is 5. The van der Waals surface area contributed by atoms with Crippen LogP contribution in [0.2, 0.25) is 0 Å². The first-order valence-corrected chi connectivity index (χ1v) is 6.63. The number of fused-ring (bicyclic) bond motifs is 1. The summed E-state index contributed by atoms with van der Waals surface area (Å²) in [7, 11) is 0. The first-order chi connectivity index (χ1) is 9.20. The first-order valence-electron chi connectivity index (χ1n) is 6.63. The van der Waals surface area contributed by atoms with E-state index in [1.54, 1.807) is 20.8 Å². The summed E-state index contributed by atoms with van der Waals surface area (Å²) >= 11 is 0.